The Balaban J connectivity index is 2.45. The number of likely N-dealkylation sites (N-methyl/N-ethyl adjacent to an activating group) is 1. The Morgan fingerprint density at radius 3 is 2.56 bits per heavy atom. The molecule has 106 valence electrons. The van der Waals surface area contributed by atoms with Gasteiger partial charge in [-0.2, -0.15) is 0 Å². The first-order chi connectivity index (χ1) is 8.39. The maximum absolute atomic E-state index is 11.5. The molecule has 3 N–H and O–H groups in total. The first kappa shape index (κ1) is 15.4. The molecule has 4 nitrogen and oxygen atoms in total. The summed E-state index contributed by atoms with van der Waals surface area (Å²) in [6.07, 6.45) is 3.66. The predicted octanol–water partition coefficient (Wildman–Crippen LogP) is 1.68. The normalized spacial score (nSPS) is 31.9. The molecule has 18 heavy (non-hydrogen) atoms. The van der Waals surface area contributed by atoms with Crippen LogP contribution in [0.2, 0.25) is 0 Å². The predicted molar refractivity (Wildman–Crippen MR) is 73.2 cm³/mol. The van der Waals surface area contributed by atoms with Crippen LogP contribution in [-0.4, -0.2) is 30.7 Å². The highest BCUT2D eigenvalue weighted by molar-refractivity contribution is 5.84. The van der Waals surface area contributed by atoms with Gasteiger partial charge in [-0.15, -0.1) is 0 Å². The zero-order valence-electron chi connectivity index (χ0n) is 12.2. The van der Waals surface area contributed by atoms with Crippen LogP contribution in [0.3, 0.4) is 0 Å². The third-order valence-electron chi connectivity index (χ3n) is 4.27. The molecule has 1 aliphatic rings. The molecule has 1 fully saturated rings. The minimum atomic E-state index is -0.749. The Kier molecular flexibility index (Phi) is 5.60. The molecular weight excluding hydrogens is 228 g/mol. The number of carbonyl (C=O) groups is 1. The van der Waals surface area contributed by atoms with Crippen molar-refractivity contribution in [1.82, 2.24) is 5.32 Å². The van der Waals surface area contributed by atoms with Crippen molar-refractivity contribution in [2.75, 3.05) is 13.2 Å². The summed E-state index contributed by atoms with van der Waals surface area (Å²) in [5.74, 6) is 1.13. The molecule has 0 aromatic heterocycles. The Morgan fingerprint density at radius 2 is 2.06 bits per heavy atom. The molecule has 0 saturated heterocycles. The molecule has 0 spiro atoms. The van der Waals surface area contributed by atoms with Crippen LogP contribution in [0.25, 0.3) is 0 Å². The summed E-state index contributed by atoms with van der Waals surface area (Å²) in [7, 11) is 0. The molecule has 1 saturated carbocycles. The topological polar surface area (TPSA) is 64.3 Å². The fraction of sp³-hybridized carbons (Fsp3) is 0.929. The highest BCUT2D eigenvalue weighted by Crippen LogP contribution is 2.31. The first-order valence-corrected chi connectivity index (χ1v) is 7.05. The van der Waals surface area contributed by atoms with Gasteiger partial charge in [0.1, 0.15) is 5.54 Å². The van der Waals surface area contributed by atoms with Crippen LogP contribution >= 0.6 is 0 Å². The Bertz CT molecular complexity index is 283. The third kappa shape index (κ3) is 3.95. The van der Waals surface area contributed by atoms with Crippen LogP contribution < -0.4 is 11.1 Å². The molecule has 0 aliphatic heterocycles. The first-order valence-electron chi connectivity index (χ1n) is 7.05. The van der Waals surface area contributed by atoms with E-state index >= 15 is 0 Å². The average Bonchev–Trinajstić information content (AvgIpc) is 2.31. The lowest BCUT2D eigenvalue weighted by atomic mass is 9.80. The molecular formula is C14H28N2O2. The highest BCUT2D eigenvalue weighted by atomic mass is 16.5. The Morgan fingerprint density at radius 1 is 1.39 bits per heavy atom. The smallest absolute Gasteiger partial charge is 0.239 e. The van der Waals surface area contributed by atoms with Gasteiger partial charge in [0.05, 0.1) is 12.7 Å². The zero-order chi connectivity index (χ0) is 13.8. The number of hydrogen-bond donors (Lipinski definition) is 2. The quantitative estimate of drug-likeness (QED) is 0.760. The number of nitrogens with one attached hydrogen (secondary N) is 1. The van der Waals surface area contributed by atoms with Crippen molar-refractivity contribution in [3.05, 3.63) is 0 Å². The summed E-state index contributed by atoms with van der Waals surface area (Å²) >= 11 is 0. The van der Waals surface area contributed by atoms with E-state index < -0.39 is 5.54 Å². The van der Waals surface area contributed by atoms with Gasteiger partial charge in [-0.3, -0.25) is 4.79 Å². The molecule has 4 heteroatoms. The van der Waals surface area contributed by atoms with Crippen molar-refractivity contribution >= 4 is 5.91 Å². The van der Waals surface area contributed by atoms with E-state index in [4.69, 9.17) is 10.5 Å². The summed E-state index contributed by atoms with van der Waals surface area (Å²) in [4.78, 5) is 11.5. The second-order valence-corrected chi connectivity index (χ2v) is 5.93. The molecule has 0 aromatic carbocycles. The van der Waals surface area contributed by atoms with E-state index in [9.17, 15) is 4.79 Å². The van der Waals surface area contributed by atoms with Crippen molar-refractivity contribution in [2.24, 2.45) is 17.6 Å². The van der Waals surface area contributed by atoms with Crippen molar-refractivity contribution in [3.8, 4) is 0 Å². The number of ether oxygens (including phenoxy) is 1. The standard InChI is InChI=1S/C14H28N2O2/c1-5-16-14(4,13(15)17)9-18-12-7-6-10(2)11(3)8-12/h10-12,16H,5-9H2,1-4H3,(H2,15,17). The van der Waals surface area contributed by atoms with E-state index in [0.717, 1.165) is 18.8 Å². The number of rotatable bonds is 6. The molecule has 4 atom stereocenters. The summed E-state index contributed by atoms with van der Waals surface area (Å²) in [5.41, 5.74) is 4.69. The van der Waals surface area contributed by atoms with Gasteiger partial charge in [-0.25, -0.2) is 0 Å². The monoisotopic (exact) mass is 256 g/mol. The number of carbonyl (C=O) groups excluding carboxylic acids is 1. The van der Waals surface area contributed by atoms with Crippen LogP contribution in [0.15, 0.2) is 0 Å². The summed E-state index contributed by atoms with van der Waals surface area (Å²) in [6, 6.07) is 0. The molecule has 1 rings (SSSR count). The Hall–Kier alpha value is -0.610. The van der Waals surface area contributed by atoms with Gasteiger partial charge in [-0.1, -0.05) is 20.8 Å². The van der Waals surface area contributed by atoms with Gasteiger partial charge in [0.25, 0.3) is 0 Å². The summed E-state index contributed by atoms with van der Waals surface area (Å²) in [6.45, 7) is 9.42. The second kappa shape index (κ2) is 6.53. The van der Waals surface area contributed by atoms with E-state index in [1.165, 1.54) is 6.42 Å². The molecule has 0 aromatic rings. The number of nitrogens with two attached hydrogens (primary N) is 1. The fourth-order valence-corrected chi connectivity index (χ4v) is 2.53. The van der Waals surface area contributed by atoms with Gasteiger partial charge in [-0.05, 0) is 44.6 Å². The summed E-state index contributed by atoms with van der Waals surface area (Å²) < 4.78 is 5.92. The molecule has 4 unspecified atom stereocenters. The molecule has 0 radical (unpaired) electrons. The molecule has 0 bridgehead atoms. The third-order valence-corrected chi connectivity index (χ3v) is 4.27. The van der Waals surface area contributed by atoms with E-state index in [1.54, 1.807) is 0 Å². The van der Waals surface area contributed by atoms with Crippen molar-refractivity contribution in [2.45, 2.75) is 58.6 Å². The van der Waals surface area contributed by atoms with Crippen molar-refractivity contribution in [3.63, 3.8) is 0 Å². The molecule has 0 heterocycles. The van der Waals surface area contributed by atoms with Gasteiger partial charge in [0.15, 0.2) is 0 Å². The molecule has 1 aliphatic carbocycles. The van der Waals surface area contributed by atoms with Crippen LogP contribution in [0.1, 0.15) is 47.0 Å². The van der Waals surface area contributed by atoms with E-state index in [2.05, 4.69) is 19.2 Å². The SMILES string of the molecule is CCNC(C)(COC1CCC(C)C(C)C1)C(N)=O. The summed E-state index contributed by atoms with van der Waals surface area (Å²) in [5, 5.41) is 3.12. The maximum Gasteiger partial charge on any atom is 0.239 e. The van der Waals surface area contributed by atoms with Gasteiger partial charge >= 0.3 is 0 Å². The fourth-order valence-electron chi connectivity index (χ4n) is 2.53. The Labute approximate surface area is 111 Å². The lowest BCUT2D eigenvalue weighted by Gasteiger charge is -2.34. The van der Waals surface area contributed by atoms with Crippen LogP contribution in [0.4, 0.5) is 0 Å². The van der Waals surface area contributed by atoms with Crippen LogP contribution in [0, 0.1) is 11.8 Å². The number of primary amides is 1. The van der Waals surface area contributed by atoms with Crippen LogP contribution in [0.5, 0.6) is 0 Å². The van der Waals surface area contributed by atoms with E-state index in [-0.39, 0.29) is 12.0 Å². The average molecular weight is 256 g/mol. The van der Waals surface area contributed by atoms with Crippen molar-refractivity contribution in [1.29, 1.82) is 0 Å². The maximum atomic E-state index is 11.5. The minimum Gasteiger partial charge on any atom is -0.376 e. The van der Waals surface area contributed by atoms with Crippen molar-refractivity contribution < 1.29 is 9.53 Å². The lowest BCUT2D eigenvalue weighted by Crippen LogP contribution is -2.56. The minimum absolute atomic E-state index is 0.272. The largest absolute Gasteiger partial charge is 0.376 e. The zero-order valence-corrected chi connectivity index (χ0v) is 12.2. The number of amides is 1. The molecule has 1 amide bonds. The number of hydrogen-bond acceptors (Lipinski definition) is 3. The van der Waals surface area contributed by atoms with Gasteiger partial charge in [0, 0.05) is 0 Å². The van der Waals surface area contributed by atoms with Gasteiger partial charge < -0.3 is 15.8 Å². The second-order valence-electron chi connectivity index (χ2n) is 5.93. The van der Waals surface area contributed by atoms with Crippen LogP contribution in [-0.2, 0) is 9.53 Å². The van der Waals surface area contributed by atoms with E-state index in [1.807, 2.05) is 13.8 Å². The van der Waals surface area contributed by atoms with Gasteiger partial charge in [0.2, 0.25) is 5.91 Å². The lowest BCUT2D eigenvalue weighted by molar-refractivity contribution is -0.128. The highest BCUT2D eigenvalue weighted by Gasteiger charge is 2.33. The van der Waals surface area contributed by atoms with E-state index in [0.29, 0.717) is 19.1 Å².